The number of nitrogens with two attached hydrogens (primary N) is 1. The third-order valence-corrected chi connectivity index (χ3v) is 4.38. The molecule has 0 radical (unpaired) electrons. The second-order valence-electron chi connectivity index (χ2n) is 5.73. The highest BCUT2D eigenvalue weighted by Crippen LogP contribution is 2.40. The summed E-state index contributed by atoms with van der Waals surface area (Å²) in [5.74, 6) is 0.743. The van der Waals surface area contributed by atoms with Gasteiger partial charge < -0.3 is 10.8 Å². The molecule has 108 valence electrons. The molecule has 2 aromatic carbocycles. The van der Waals surface area contributed by atoms with Crippen LogP contribution in [0.1, 0.15) is 47.9 Å². The number of hydrogen-bond donors (Lipinski definition) is 2. The van der Waals surface area contributed by atoms with Crippen LogP contribution < -0.4 is 5.73 Å². The zero-order valence-corrected chi connectivity index (χ0v) is 13.0. The first-order valence-electron chi connectivity index (χ1n) is 7.44. The first-order valence-corrected chi connectivity index (χ1v) is 7.44. The van der Waals surface area contributed by atoms with Crippen LogP contribution >= 0.6 is 0 Å². The van der Waals surface area contributed by atoms with Gasteiger partial charge in [0.1, 0.15) is 5.75 Å². The van der Waals surface area contributed by atoms with Gasteiger partial charge in [-0.2, -0.15) is 0 Å². The molecule has 3 N–H and O–H groups in total. The Bertz CT molecular complexity index is 631. The Morgan fingerprint density at radius 1 is 1.15 bits per heavy atom. The number of fused-ring (bicyclic) bond motifs is 1. The molecule has 0 saturated heterocycles. The quantitative estimate of drug-likeness (QED) is 0.870. The molecule has 0 spiro atoms. The van der Waals surface area contributed by atoms with Gasteiger partial charge in [0, 0.05) is 0 Å². The molecule has 1 atom stereocenters. The molecular formula is C18H25NO. The van der Waals surface area contributed by atoms with Crippen molar-refractivity contribution in [2.75, 3.05) is 6.54 Å². The summed E-state index contributed by atoms with van der Waals surface area (Å²) in [5.41, 5.74) is 10.4. The standard InChI is InChI=1S/C18H25NO/c1-5-7-14(10-19)17-13(4)18(20)12(3)16-11(2)8-6-9-15(16)17/h6,8-9,14,20H,5,7,10,19H2,1-4H3. The number of phenolic OH excluding ortho intramolecular Hbond substituents is 1. The first kappa shape index (κ1) is 14.9. The Morgan fingerprint density at radius 3 is 2.45 bits per heavy atom. The fraction of sp³-hybridized carbons (Fsp3) is 0.444. The lowest BCUT2D eigenvalue weighted by Gasteiger charge is -2.23. The highest BCUT2D eigenvalue weighted by atomic mass is 16.3. The van der Waals surface area contributed by atoms with Crippen LogP contribution in [0.4, 0.5) is 0 Å². The van der Waals surface area contributed by atoms with E-state index in [1.54, 1.807) is 0 Å². The minimum atomic E-state index is 0.316. The van der Waals surface area contributed by atoms with Crippen molar-refractivity contribution in [2.24, 2.45) is 5.73 Å². The Kier molecular flexibility index (Phi) is 4.34. The molecule has 0 heterocycles. The lowest BCUT2D eigenvalue weighted by molar-refractivity contribution is 0.465. The van der Waals surface area contributed by atoms with E-state index in [0.717, 1.165) is 24.0 Å². The number of hydrogen-bond acceptors (Lipinski definition) is 2. The molecule has 1 unspecified atom stereocenters. The largest absolute Gasteiger partial charge is 0.507 e. The Hall–Kier alpha value is -1.54. The van der Waals surface area contributed by atoms with Gasteiger partial charge in [-0.1, -0.05) is 31.5 Å². The lowest BCUT2D eigenvalue weighted by Crippen LogP contribution is -2.14. The van der Waals surface area contributed by atoms with Gasteiger partial charge in [0.05, 0.1) is 0 Å². The molecule has 0 aliphatic heterocycles. The van der Waals surface area contributed by atoms with Crippen molar-refractivity contribution in [1.29, 1.82) is 0 Å². The Balaban J connectivity index is 2.85. The predicted octanol–water partition coefficient (Wildman–Crippen LogP) is 4.31. The van der Waals surface area contributed by atoms with Gasteiger partial charge >= 0.3 is 0 Å². The van der Waals surface area contributed by atoms with Crippen molar-refractivity contribution < 1.29 is 5.11 Å². The Morgan fingerprint density at radius 2 is 1.85 bits per heavy atom. The Labute approximate surface area is 121 Å². The molecule has 20 heavy (non-hydrogen) atoms. The van der Waals surface area contributed by atoms with Crippen molar-refractivity contribution in [3.05, 3.63) is 40.5 Å². The molecule has 0 aliphatic rings. The highest BCUT2D eigenvalue weighted by molar-refractivity contribution is 5.94. The summed E-state index contributed by atoms with van der Waals surface area (Å²) in [4.78, 5) is 0. The maximum Gasteiger partial charge on any atom is 0.122 e. The zero-order valence-electron chi connectivity index (χ0n) is 13.0. The molecule has 0 bridgehead atoms. The predicted molar refractivity (Wildman–Crippen MR) is 86.5 cm³/mol. The van der Waals surface area contributed by atoms with Crippen molar-refractivity contribution >= 4 is 10.8 Å². The highest BCUT2D eigenvalue weighted by Gasteiger charge is 2.20. The van der Waals surface area contributed by atoms with Crippen LogP contribution in [-0.2, 0) is 0 Å². The summed E-state index contributed by atoms with van der Waals surface area (Å²) in [6.07, 6.45) is 2.16. The van der Waals surface area contributed by atoms with Crippen molar-refractivity contribution in [1.82, 2.24) is 0 Å². The number of aryl methyl sites for hydroxylation is 2. The van der Waals surface area contributed by atoms with Crippen LogP contribution in [0, 0.1) is 20.8 Å². The number of phenols is 1. The summed E-state index contributed by atoms with van der Waals surface area (Å²) in [6, 6.07) is 6.36. The molecule has 0 saturated carbocycles. The minimum absolute atomic E-state index is 0.316. The van der Waals surface area contributed by atoms with Gasteiger partial charge in [-0.25, -0.2) is 0 Å². The minimum Gasteiger partial charge on any atom is -0.507 e. The van der Waals surface area contributed by atoms with Crippen LogP contribution in [-0.4, -0.2) is 11.7 Å². The van der Waals surface area contributed by atoms with Crippen molar-refractivity contribution in [2.45, 2.75) is 46.5 Å². The van der Waals surface area contributed by atoms with Gasteiger partial charge in [0.25, 0.3) is 0 Å². The number of aromatic hydroxyl groups is 1. The van der Waals surface area contributed by atoms with E-state index >= 15 is 0 Å². The fourth-order valence-electron chi connectivity index (χ4n) is 3.37. The third-order valence-electron chi connectivity index (χ3n) is 4.38. The van der Waals surface area contributed by atoms with E-state index in [0.29, 0.717) is 18.2 Å². The second kappa shape index (κ2) is 5.84. The molecule has 0 aliphatic carbocycles. The topological polar surface area (TPSA) is 46.2 Å². The van der Waals surface area contributed by atoms with Crippen LogP contribution in [0.2, 0.25) is 0 Å². The van der Waals surface area contributed by atoms with E-state index < -0.39 is 0 Å². The van der Waals surface area contributed by atoms with Gasteiger partial charge in [-0.15, -0.1) is 0 Å². The van der Waals surface area contributed by atoms with Crippen LogP contribution in [0.15, 0.2) is 18.2 Å². The fourth-order valence-corrected chi connectivity index (χ4v) is 3.37. The summed E-state index contributed by atoms with van der Waals surface area (Å²) >= 11 is 0. The van der Waals surface area contributed by atoms with E-state index in [4.69, 9.17) is 5.73 Å². The van der Waals surface area contributed by atoms with Gasteiger partial charge in [-0.05, 0) is 72.7 Å². The molecule has 2 rings (SSSR count). The summed E-state index contributed by atoms with van der Waals surface area (Å²) < 4.78 is 0. The maximum atomic E-state index is 10.5. The first-order chi connectivity index (χ1) is 9.52. The number of rotatable bonds is 4. The SMILES string of the molecule is CCCC(CN)c1c(C)c(O)c(C)c2c(C)cccc12. The van der Waals surface area contributed by atoms with E-state index in [1.165, 1.54) is 21.9 Å². The number of benzene rings is 2. The van der Waals surface area contributed by atoms with E-state index in [9.17, 15) is 5.11 Å². The average Bonchev–Trinajstić information content (AvgIpc) is 2.44. The smallest absolute Gasteiger partial charge is 0.122 e. The van der Waals surface area contributed by atoms with Gasteiger partial charge in [0.2, 0.25) is 0 Å². The van der Waals surface area contributed by atoms with E-state index in [1.807, 2.05) is 13.8 Å². The lowest BCUT2D eigenvalue weighted by atomic mass is 9.84. The molecular weight excluding hydrogens is 246 g/mol. The molecule has 0 fully saturated rings. The van der Waals surface area contributed by atoms with Gasteiger partial charge in [0.15, 0.2) is 0 Å². The summed E-state index contributed by atoms with van der Waals surface area (Å²) in [5, 5.41) is 12.9. The summed E-state index contributed by atoms with van der Waals surface area (Å²) in [6.45, 7) is 8.92. The van der Waals surface area contributed by atoms with Crippen LogP contribution in [0.5, 0.6) is 5.75 Å². The van der Waals surface area contributed by atoms with Gasteiger partial charge in [-0.3, -0.25) is 0 Å². The molecule has 2 aromatic rings. The second-order valence-corrected chi connectivity index (χ2v) is 5.73. The van der Waals surface area contributed by atoms with Crippen molar-refractivity contribution in [3.63, 3.8) is 0 Å². The average molecular weight is 271 g/mol. The van der Waals surface area contributed by atoms with Crippen molar-refractivity contribution in [3.8, 4) is 5.75 Å². The molecule has 2 nitrogen and oxygen atoms in total. The van der Waals surface area contributed by atoms with E-state index in [2.05, 4.69) is 32.0 Å². The molecule has 2 heteroatoms. The van der Waals surface area contributed by atoms with E-state index in [-0.39, 0.29) is 0 Å². The third kappa shape index (κ3) is 2.29. The van der Waals surface area contributed by atoms with Crippen LogP contribution in [0.25, 0.3) is 10.8 Å². The maximum absolute atomic E-state index is 10.5. The molecule has 0 amide bonds. The summed E-state index contributed by atoms with van der Waals surface area (Å²) in [7, 11) is 0. The van der Waals surface area contributed by atoms with Crippen LogP contribution in [0.3, 0.4) is 0 Å². The normalized spacial score (nSPS) is 12.8. The zero-order chi connectivity index (χ0) is 14.9. The molecule has 0 aromatic heterocycles. The monoisotopic (exact) mass is 271 g/mol.